The van der Waals surface area contributed by atoms with E-state index in [9.17, 15) is 17.6 Å². The van der Waals surface area contributed by atoms with Gasteiger partial charge in [0.1, 0.15) is 6.61 Å². The molecule has 2 rings (SSSR count). The minimum atomic E-state index is -3.55. The summed E-state index contributed by atoms with van der Waals surface area (Å²) in [4.78, 5) is 12.6. The van der Waals surface area contributed by atoms with Crippen LogP contribution in [0.3, 0.4) is 0 Å². The fraction of sp³-hybridized carbons (Fsp3) is 0.409. The second kappa shape index (κ2) is 9.39. The van der Waals surface area contributed by atoms with Crippen molar-refractivity contribution in [1.29, 1.82) is 0 Å². The fourth-order valence-electron chi connectivity index (χ4n) is 2.60. The van der Waals surface area contributed by atoms with Crippen molar-refractivity contribution in [1.82, 2.24) is 5.32 Å². The van der Waals surface area contributed by atoms with Crippen molar-refractivity contribution in [2.45, 2.75) is 45.1 Å². The lowest BCUT2D eigenvalue weighted by molar-refractivity contribution is -0.122. The molecule has 0 aliphatic heterocycles. The third kappa shape index (κ3) is 6.85. The number of hydrogen-bond donors (Lipinski definition) is 1. The summed E-state index contributed by atoms with van der Waals surface area (Å²) in [7, 11) is -3.55. The van der Waals surface area contributed by atoms with Gasteiger partial charge in [0.15, 0.2) is 21.4 Å². The maximum atomic E-state index is 13.8. The molecule has 7 heteroatoms. The zero-order valence-corrected chi connectivity index (χ0v) is 18.1. The summed E-state index contributed by atoms with van der Waals surface area (Å²) in [5.41, 5.74) is 0.598. The van der Waals surface area contributed by atoms with Crippen LogP contribution in [-0.2, 0) is 14.6 Å². The molecular formula is C22H28FNO4S. The first-order valence-corrected chi connectivity index (χ1v) is 11.1. The molecule has 0 heterocycles. The molecule has 158 valence electrons. The average Bonchev–Trinajstić information content (AvgIpc) is 2.64. The average molecular weight is 422 g/mol. The number of carbonyl (C=O) groups excluding carboxylic acids is 1. The Morgan fingerprint density at radius 3 is 2.31 bits per heavy atom. The molecule has 2 aromatic rings. The van der Waals surface area contributed by atoms with Crippen molar-refractivity contribution in [3.63, 3.8) is 0 Å². The molecule has 0 aliphatic rings. The Kier molecular flexibility index (Phi) is 7.41. The number of amides is 1. The van der Waals surface area contributed by atoms with Crippen LogP contribution in [0.2, 0.25) is 0 Å². The number of benzene rings is 2. The smallest absolute Gasteiger partial charge is 0.221 e. The van der Waals surface area contributed by atoms with Crippen LogP contribution in [-0.4, -0.2) is 32.7 Å². The van der Waals surface area contributed by atoms with E-state index in [2.05, 4.69) is 5.32 Å². The zero-order chi connectivity index (χ0) is 21.7. The Morgan fingerprint density at radius 2 is 1.72 bits per heavy atom. The van der Waals surface area contributed by atoms with E-state index in [4.69, 9.17) is 4.74 Å². The Hall–Kier alpha value is -2.41. The van der Waals surface area contributed by atoms with Gasteiger partial charge >= 0.3 is 0 Å². The number of sulfone groups is 1. The molecule has 29 heavy (non-hydrogen) atoms. The number of rotatable bonds is 8. The van der Waals surface area contributed by atoms with E-state index in [1.807, 2.05) is 27.7 Å². The molecule has 0 aromatic heterocycles. The van der Waals surface area contributed by atoms with Crippen LogP contribution in [0.25, 0.3) is 0 Å². The van der Waals surface area contributed by atoms with Crippen LogP contribution in [0.5, 0.6) is 5.75 Å². The van der Waals surface area contributed by atoms with Crippen LogP contribution in [0, 0.1) is 18.2 Å². The molecule has 1 unspecified atom stereocenters. The lowest BCUT2D eigenvalue weighted by Crippen LogP contribution is -2.47. The molecule has 0 spiro atoms. The molecule has 2 aromatic carbocycles. The highest BCUT2D eigenvalue weighted by Crippen LogP contribution is 2.22. The molecule has 0 saturated carbocycles. The monoisotopic (exact) mass is 421 g/mol. The van der Waals surface area contributed by atoms with Gasteiger partial charge in [-0.2, -0.15) is 0 Å². The first kappa shape index (κ1) is 22.9. The number of hydrogen-bond acceptors (Lipinski definition) is 4. The van der Waals surface area contributed by atoms with E-state index in [-0.39, 0.29) is 34.8 Å². The van der Waals surface area contributed by atoms with Crippen molar-refractivity contribution >= 4 is 15.7 Å². The fourth-order valence-corrected chi connectivity index (χ4v) is 3.84. The van der Waals surface area contributed by atoms with Gasteiger partial charge in [0.2, 0.25) is 5.91 Å². The van der Waals surface area contributed by atoms with Crippen LogP contribution in [0.4, 0.5) is 4.39 Å². The van der Waals surface area contributed by atoms with Gasteiger partial charge < -0.3 is 10.1 Å². The summed E-state index contributed by atoms with van der Waals surface area (Å²) in [6.45, 7) is 7.71. The van der Waals surface area contributed by atoms with Gasteiger partial charge in [-0.25, -0.2) is 12.8 Å². The maximum Gasteiger partial charge on any atom is 0.221 e. The van der Waals surface area contributed by atoms with Gasteiger partial charge in [-0.3, -0.25) is 4.79 Å². The van der Waals surface area contributed by atoms with E-state index >= 15 is 0 Å². The number of carbonyl (C=O) groups is 1. The SMILES string of the molecule is Cc1ccc(S(=O)(=O)CCC(=O)NC(COc2ccccc2F)C(C)(C)C)cc1. The first-order valence-electron chi connectivity index (χ1n) is 9.45. The van der Waals surface area contributed by atoms with Gasteiger partial charge in [0.05, 0.1) is 16.7 Å². The highest BCUT2D eigenvalue weighted by atomic mass is 32.2. The summed E-state index contributed by atoms with van der Waals surface area (Å²) < 4.78 is 44.2. The quantitative estimate of drug-likeness (QED) is 0.702. The molecule has 1 amide bonds. The van der Waals surface area contributed by atoms with Crippen molar-refractivity contribution in [3.8, 4) is 5.75 Å². The summed E-state index contributed by atoms with van der Waals surface area (Å²) in [6, 6.07) is 12.2. The van der Waals surface area contributed by atoms with E-state index in [0.717, 1.165) is 5.56 Å². The van der Waals surface area contributed by atoms with Crippen molar-refractivity contribution < 1.29 is 22.3 Å². The number of para-hydroxylation sites is 1. The van der Waals surface area contributed by atoms with Crippen LogP contribution >= 0.6 is 0 Å². The molecule has 0 saturated heterocycles. The number of halogens is 1. The van der Waals surface area contributed by atoms with Gasteiger partial charge in [-0.1, -0.05) is 50.6 Å². The van der Waals surface area contributed by atoms with Crippen molar-refractivity contribution in [2.75, 3.05) is 12.4 Å². The Bertz CT molecular complexity index is 934. The summed E-state index contributed by atoms with van der Waals surface area (Å²) in [5, 5.41) is 2.83. The zero-order valence-electron chi connectivity index (χ0n) is 17.2. The van der Waals surface area contributed by atoms with Gasteiger partial charge in [-0.15, -0.1) is 0 Å². The van der Waals surface area contributed by atoms with E-state index in [1.54, 1.807) is 36.4 Å². The third-order valence-corrected chi connectivity index (χ3v) is 6.33. The highest BCUT2D eigenvalue weighted by molar-refractivity contribution is 7.91. The lowest BCUT2D eigenvalue weighted by atomic mass is 9.87. The van der Waals surface area contributed by atoms with E-state index in [1.165, 1.54) is 12.1 Å². The topological polar surface area (TPSA) is 72.5 Å². The van der Waals surface area contributed by atoms with E-state index < -0.39 is 27.6 Å². The largest absolute Gasteiger partial charge is 0.488 e. The van der Waals surface area contributed by atoms with Crippen molar-refractivity contribution in [3.05, 3.63) is 59.9 Å². The van der Waals surface area contributed by atoms with Gasteiger partial charge in [-0.05, 0) is 36.6 Å². The van der Waals surface area contributed by atoms with Gasteiger partial charge in [0, 0.05) is 6.42 Å². The molecule has 0 aliphatic carbocycles. The maximum absolute atomic E-state index is 13.8. The summed E-state index contributed by atoms with van der Waals surface area (Å²) >= 11 is 0. The molecule has 5 nitrogen and oxygen atoms in total. The predicted octanol–water partition coefficient (Wildman–Crippen LogP) is 3.91. The normalized spacial score (nSPS) is 13.0. The highest BCUT2D eigenvalue weighted by Gasteiger charge is 2.28. The summed E-state index contributed by atoms with van der Waals surface area (Å²) in [6.07, 6.45) is -0.164. The lowest BCUT2D eigenvalue weighted by Gasteiger charge is -2.31. The standard InChI is InChI=1S/C22H28FNO4S/c1-16-9-11-17(12-10-16)29(26,27)14-13-21(25)24-20(22(2,3)4)15-28-19-8-6-5-7-18(19)23/h5-12,20H,13-15H2,1-4H3,(H,24,25). The second-order valence-electron chi connectivity index (χ2n) is 8.11. The second-order valence-corrected chi connectivity index (χ2v) is 10.2. The molecule has 0 bridgehead atoms. The summed E-state index contributed by atoms with van der Waals surface area (Å²) in [5.74, 6) is -1.04. The third-order valence-electron chi connectivity index (χ3n) is 4.60. The van der Waals surface area contributed by atoms with Crippen molar-refractivity contribution in [2.24, 2.45) is 5.41 Å². The van der Waals surface area contributed by atoms with E-state index in [0.29, 0.717) is 0 Å². The molecule has 0 radical (unpaired) electrons. The predicted molar refractivity (Wildman–Crippen MR) is 111 cm³/mol. The first-order chi connectivity index (χ1) is 13.5. The number of nitrogens with one attached hydrogen (secondary N) is 1. The number of aryl methyl sites for hydroxylation is 1. The molecule has 0 fully saturated rings. The van der Waals surface area contributed by atoms with Gasteiger partial charge in [0.25, 0.3) is 0 Å². The van der Waals surface area contributed by atoms with Crippen LogP contribution in [0.1, 0.15) is 32.8 Å². The Labute approximate surface area is 172 Å². The minimum absolute atomic E-state index is 0.0703. The molecule has 1 atom stereocenters. The van der Waals surface area contributed by atoms with Crippen LogP contribution in [0.15, 0.2) is 53.4 Å². The molecule has 1 N–H and O–H groups in total. The number of ether oxygens (including phenoxy) is 1. The Morgan fingerprint density at radius 1 is 1.10 bits per heavy atom. The molecular weight excluding hydrogens is 393 g/mol. The Balaban J connectivity index is 1.97. The minimum Gasteiger partial charge on any atom is -0.488 e. The van der Waals surface area contributed by atoms with Crippen LogP contribution < -0.4 is 10.1 Å².